The molecule has 1 aromatic heterocycles. The Bertz CT molecular complexity index is 680. The van der Waals surface area contributed by atoms with Gasteiger partial charge in [-0.1, -0.05) is 0 Å². The summed E-state index contributed by atoms with van der Waals surface area (Å²) in [6.07, 6.45) is 8.21. The van der Waals surface area contributed by atoms with Crippen LogP contribution in [0, 0.1) is 37.0 Å². The molecule has 0 unspecified atom stereocenters. The van der Waals surface area contributed by atoms with Gasteiger partial charge in [-0.3, -0.25) is 9.59 Å². The molecule has 0 saturated heterocycles. The summed E-state index contributed by atoms with van der Waals surface area (Å²) in [5.74, 6) is 2.21. The van der Waals surface area contributed by atoms with Crippen LogP contribution in [0.2, 0.25) is 0 Å². The van der Waals surface area contributed by atoms with E-state index in [2.05, 4.69) is 0 Å². The number of esters is 1. The summed E-state index contributed by atoms with van der Waals surface area (Å²) in [7, 11) is 1.94. The molecule has 4 bridgehead atoms. The molecule has 5 rings (SSSR count). The Morgan fingerprint density at radius 3 is 2.16 bits per heavy atom. The van der Waals surface area contributed by atoms with Gasteiger partial charge in [0.05, 0.1) is 6.42 Å². The fourth-order valence-corrected chi connectivity index (χ4v) is 6.23. The molecule has 0 spiro atoms. The first kappa shape index (κ1) is 16.9. The fourth-order valence-electron chi connectivity index (χ4n) is 6.23. The van der Waals surface area contributed by atoms with Crippen molar-refractivity contribution in [3.8, 4) is 0 Å². The van der Waals surface area contributed by atoms with Crippen LogP contribution in [0.5, 0.6) is 0 Å². The summed E-state index contributed by atoms with van der Waals surface area (Å²) in [5, 5.41) is 0. The number of aromatic nitrogens is 1. The number of ether oxygens (including phenoxy) is 1. The highest BCUT2D eigenvalue weighted by Crippen LogP contribution is 2.61. The number of ketones is 1. The molecule has 4 heteroatoms. The quantitative estimate of drug-likeness (QED) is 0.600. The lowest BCUT2D eigenvalue weighted by Gasteiger charge is -2.56. The lowest BCUT2D eigenvalue weighted by atomic mass is 9.49. The summed E-state index contributed by atoms with van der Waals surface area (Å²) in [6, 6.07) is 1.88. The number of aryl methyl sites for hydroxylation is 1. The van der Waals surface area contributed by atoms with Crippen LogP contribution in [0.4, 0.5) is 0 Å². The molecule has 4 aliphatic rings. The van der Waals surface area contributed by atoms with Crippen LogP contribution in [0.3, 0.4) is 0 Å². The summed E-state index contributed by atoms with van der Waals surface area (Å²) < 4.78 is 7.39. The zero-order valence-corrected chi connectivity index (χ0v) is 15.6. The summed E-state index contributed by atoms with van der Waals surface area (Å²) in [6.45, 7) is 3.77. The van der Waals surface area contributed by atoms with Crippen molar-refractivity contribution in [1.29, 1.82) is 0 Å². The van der Waals surface area contributed by atoms with Gasteiger partial charge in [0.1, 0.15) is 0 Å². The predicted octanol–water partition coefficient (Wildman–Crippen LogP) is 3.97. The maximum absolute atomic E-state index is 12.4. The zero-order chi connectivity index (χ0) is 17.8. The molecule has 4 saturated carbocycles. The topological polar surface area (TPSA) is 48.3 Å². The average molecular weight is 343 g/mol. The minimum atomic E-state index is -0.180. The number of hydrogen-bond donors (Lipinski definition) is 0. The van der Waals surface area contributed by atoms with Gasteiger partial charge >= 0.3 is 5.97 Å². The molecule has 0 atom stereocenters. The standard InChI is InChI=1S/C21H29NO3/c1-13-4-18(14(2)22(13)3)19(23)12-25-20(24)11-21-8-15-5-16(9-21)7-17(6-15)10-21/h4,15-17H,5-12H2,1-3H3. The van der Waals surface area contributed by atoms with E-state index < -0.39 is 0 Å². The van der Waals surface area contributed by atoms with Crippen molar-refractivity contribution in [2.45, 2.75) is 58.8 Å². The van der Waals surface area contributed by atoms with E-state index in [1.165, 1.54) is 38.5 Å². The van der Waals surface area contributed by atoms with Crippen molar-refractivity contribution in [1.82, 2.24) is 4.57 Å². The molecule has 4 fully saturated rings. The Hall–Kier alpha value is -1.58. The smallest absolute Gasteiger partial charge is 0.306 e. The van der Waals surface area contributed by atoms with Gasteiger partial charge in [0, 0.05) is 24.0 Å². The maximum Gasteiger partial charge on any atom is 0.306 e. The highest BCUT2D eigenvalue weighted by molar-refractivity contribution is 5.99. The molecular formula is C21H29NO3. The van der Waals surface area contributed by atoms with Gasteiger partial charge in [-0.25, -0.2) is 0 Å². The van der Waals surface area contributed by atoms with Crippen LogP contribution in [0.1, 0.15) is 66.7 Å². The van der Waals surface area contributed by atoms with Crippen molar-refractivity contribution < 1.29 is 14.3 Å². The number of carbonyl (C=O) groups is 2. The third-order valence-electron chi connectivity index (χ3n) is 7.12. The lowest BCUT2D eigenvalue weighted by Crippen LogP contribution is -2.47. The average Bonchev–Trinajstić information content (AvgIpc) is 2.78. The van der Waals surface area contributed by atoms with Crippen molar-refractivity contribution in [2.75, 3.05) is 6.61 Å². The molecule has 0 aliphatic heterocycles. The molecule has 25 heavy (non-hydrogen) atoms. The first-order valence-corrected chi connectivity index (χ1v) is 9.67. The third-order valence-corrected chi connectivity index (χ3v) is 7.12. The Morgan fingerprint density at radius 1 is 1.12 bits per heavy atom. The van der Waals surface area contributed by atoms with Gasteiger partial charge in [0.2, 0.25) is 5.78 Å². The molecule has 0 N–H and O–H groups in total. The number of hydrogen-bond acceptors (Lipinski definition) is 3. The van der Waals surface area contributed by atoms with E-state index >= 15 is 0 Å². The van der Waals surface area contributed by atoms with E-state index in [0.29, 0.717) is 12.0 Å². The van der Waals surface area contributed by atoms with E-state index in [0.717, 1.165) is 29.1 Å². The molecule has 4 nitrogen and oxygen atoms in total. The first-order chi connectivity index (χ1) is 11.8. The highest BCUT2D eigenvalue weighted by atomic mass is 16.5. The van der Waals surface area contributed by atoms with Gasteiger partial charge in [-0.2, -0.15) is 0 Å². The normalized spacial score (nSPS) is 32.8. The SMILES string of the molecule is Cc1cc(C(=O)COC(=O)CC23CC4CC(CC(C4)C2)C3)c(C)n1C. The molecule has 4 aliphatic carbocycles. The van der Waals surface area contributed by atoms with Gasteiger partial charge < -0.3 is 9.30 Å². The Labute approximate surface area is 149 Å². The number of carbonyl (C=O) groups excluding carboxylic acids is 2. The van der Waals surface area contributed by atoms with E-state index in [4.69, 9.17) is 4.74 Å². The van der Waals surface area contributed by atoms with Crippen molar-refractivity contribution in [2.24, 2.45) is 30.2 Å². The van der Waals surface area contributed by atoms with Crippen molar-refractivity contribution >= 4 is 11.8 Å². The second-order valence-corrected chi connectivity index (χ2v) is 9.02. The second kappa shape index (κ2) is 6.00. The Balaban J connectivity index is 1.35. The van der Waals surface area contributed by atoms with Crippen LogP contribution in [-0.4, -0.2) is 22.9 Å². The zero-order valence-electron chi connectivity index (χ0n) is 15.6. The van der Waals surface area contributed by atoms with Crippen LogP contribution < -0.4 is 0 Å². The maximum atomic E-state index is 12.4. The van der Waals surface area contributed by atoms with Crippen molar-refractivity contribution in [3.63, 3.8) is 0 Å². The molecule has 136 valence electrons. The highest BCUT2D eigenvalue weighted by Gasteiger charge is 2.51. The van der Waals surface area contributed by atoms with Gasteiger partial charge in [0.25, 0.3) is 0 Å². The van der Waals surface area contributed by atoms with Gasteiger partial charge in [0.15, 0.2) is 6.61 Å². The minimum absolute atomic E-state index is 0.0972. The summed E-state index contributed by atoms with van der Waals surface area (Å²) in [4.78, 5) is 24.8. The molecule has 0 aromatic carbocycles. The number of Topliss-reactive ketones (excluding diaryl/α,β-unsaturated/α-hetero) is 1. The summed E-state index contributed by atoms with van der Waals surface area (Å²) >= 11 is 0. The second-order valence-electron chi connectivity index (χ2n) is 9.02. The van der Waals surface area contributed by atoms with Crippen LogP contribution in [0.25, 0.3) is 0 Å². The molecule has 0 radical (unpaired) electrons. The van der Waals surface area contributed by atoms with Gasteiger partial charge in [-0.15, -0.1) is 0 Å². The van der Waals surface area contributed by atoms with Crippen molar-refractivity contribution in [3.05, 3.63) is 23.0 Å². The molecular weight excluding hydrogens is 314 g/mol. The number of nitrogens with zero attached hydrogens (tertiary/aromatic N) is 1. The molecule has 1 heterocycles. The molecule has 1 aromatic rings. The Morgan fingerprint density at radius 2 is 1.68 bits per heavy atom. The largest absolute Gasteiger partial charge is 0.457 e. The van der Waals surface area contributed by atoms with Crippen LogP contribution >= 0.6 is 0 Å². The number of rotatable bonds is 5. The van der Waals surface area contributed by atoms with E-state index in [1.54, 1.807) is 0 Å². The van der Waals surface area contributed by atoms with Gasteiger partial charge in [-0.05, 0) is 81.6 Å². The summed E-state index contributed by atoms with van der Waals surface area (Å²) in [5.41, 5.74) is 2.82. The van der Waals surface area contributed by atoms with E-state index in [9.17, 15) is 9.59 Å². The predicted molar refractivity (Wildman–Crippen MR) is 95.4 cm³/mol. The first-order valence-electron chi connectivity index (χ1n) is 9.67. The van der Waals surface area contributed by atoms with E-state index in [1.807, 2.05) is 31.5 Å². The molecule has 0 amide bonds. The van der Waals surface area contributed by atoms with Crippen LogP contribution in [0.15, 0.2) is 6.07 Å². The Kier molecular flexibility index (Phi) is 4.04. The minimum Gasteiger partial charge on any atom is -0.457 e. The monoisotopic (exact) mass is 343 g/mol. The third kappa shape index (κ3) is 3.04. The van der Waals surface area contributed by atoms with E-state index in [-0.39, 0.29) is 23.8 Å². The fraction of sp³-hybridized carbons (Fsp3) is 0.714. The van der Waals surface area contributed by atoms with Crippen LogP contribution in [-0.2, 0) is 16.6 Å². The lowest BCUT2D eigenvalue weighted by molar-refractivity contribution is -0.150.